The second-order valence-electron chi connectivity index (χ2n) is 3.96. The summed E-state index contributed by atoms with van der Waals surface area (Å²) < 4.78 is 6.40. The molecule has 0 N–H and O–H groups in total. The molecule has 0 saturated heterocycles. The van der Waals surface area contributed by atoms with Crippen molar-refractivity contribution in [1.29, 1.82) is 0 Å². The van der Waals surface area contributed by atoms with E-state index in [-0.39, 0.29) is 5.78 Å². The molecule has 0 aromatic heterocycles. The smallest absolute Gasteiger partial charge is 0.166 e. The summed E-state index contributed by atoms with van der Waals surface area (Å²) >= 11 is 9.35. The third kappa shape index (κ3) is 4.08. The van der Waals surface area contributed by atoms with Crippen LogP contribution in [-0.4, -0.2) is 12.4 Å². The summed E-state index contributed by atoms with van der Waals surface area (Å²) in [5, 5.41) is 0.529. The van der Waals surface area contributed by atoms with Crippen molar-refractivity contribution in [3.63, 3.8) is 0 Å². The van der Waals surface area contributed by atoms with Gasteiger partial charge in [-0.05, 0) is 18.2 Å². The van der Waals surface area contributed by atoms with Crippen molar-refractivity contribution in [2.75, 3.05) is 6.61 Å². The first-order valence-electron chi connectivity index (χ1n) is 5.83. The maximum atomic E-state index is 11.9. The molecule has 0 amide bonds. The van der Waals surface area contributed by atoms with Crippen molar-refractivity contribution < 1.29 is 9.53 Å². The SMILES string of the molecule is O=C(CCOc1ccc(Br)cc1Cl)c1ccccc1. The lowest BCUT2D eigenvalue weighted by atomic mass is 10.1. The predicted octanol–water partition coefficient (Wildman–Crippen LogP) is 4.75. The molecule has 0 saturated carbocycles. The molecule has 0 aliphatic carbocycles. The number of ether oxygens (including phenoxy) is 1. The van der Waals surface area contributed by atoms with Gasteiger partial charge in [-0.2, -0.15) is 0 Å². The maximum absolute atomic E-state index is 11.9. The number of rotatable bonds is 5. The minimum atomic E-state index is 0.0637. The van der Waals surface area contributed by atoms with Crippen molar-refractivity contribution in [3.8, 4) is 5.75 Å². The van der Waals surface area contributed by atoms with E-state index in [0.717, 1.165) is 4.47 Å². The van der Waals surface area contributed by atoms with Crippen LogP contribution in [0.3, 0.4) is 0 Å². The largest absolute Gasteiger partial charge is 0.492 e. The molecule has 19 heavy (non-hydrogen) atoms. The van der Waals surface area contributed by atoms with Crippen LogP contribution in [0.1, 0.15) is 16.8 Å². The van der Waals surface area contributed by atoms with Crippen LogP contribution in [0, 0.1) is 0 Å². The first kappa shape index (κ1) is 14.1. The molecule has 0 aliphatic heterocycles. The van der Waals surface area contributed by atoms with Gasteiger partial charge in [-0.1, -0.05) is 57.9 Å². The highest BCUT2D eigenvalue weighted by atomic mass is 79.9. The summed E-state index contributed by atoms with van der Waals surface area (Å²) in [6, 6.07) is 14.6. The van der Waals surface area contributed by atoms with Gasteiger partial charge in [0.15, 0.2) is 5.78 Å². The van der Waals surface area contributed by atoms with Gasteiger partial charge in [-0.3, -0.25) is 4.79 Å². The molecule has 2 aromatic rings. The predicted molar refractivity (Wildman–Crippen MR) is 80.0 cm³/mol. The Labute approximate surface area is 125 Å². The lowest BCUT2D eigenvalue weighted by molar-refractivity contribution is 0.0962. The summed E-state index contributed by atoms with van der Waals surface area (Å²) in [6.07, 6.45) is 0.330. The normalized spacial score (nSPS) is 10.2. The lowest BCUT2D eigenvalue weighted by Gasteiger charge is -2.07. The maximum Gasteiger partial charge on any atom is 0.166 e. The molecule has 0 aliphatic rings. The number of hydrogen-bond acceptors (Lipinski definition) is 2. The molecule has 2 rings (SSSR count). The van der Waals surface area contributed by atoms with Crippen LogP contribution >= 0.6 is 27.5 Å². The van der Waals surface area contributed by atoms with E-state index in [1.54, 1.807) is 24.3 Å². The topological polar surface area (TPSA) is 26.3 Å². The molecule has 4 heteroatoms. The standard InChI is InChI=1S/C15H12BrClO2/c16-12-6-7-15(13(17)10-12)19-9-8-14(18)11-4-2-1-3-5-11/h1-7,10H,8-9H2. The molecule has 2 aromatic carbocycles. The van der Waals surface area contributed by atoms with E-state index < -0.39 is 0 Å². The summed E-state index contributed by atoms with van der Waals surface area (Å²) in [7, 11) is 0. The second kappa shape index (κ2) is 6.73. The number of hydrogen-bond donors (Lipinski definition) is 0. The zero-order valence-corrected chi connectivity index (χ0v) is 12.4. The minimum Gasteiger partial charge on any atom is -0.492 e. The minimum absolute atomic E-state index is 0.0637. The lowest BCUT2D eigenvalue weighted by Crippen LogP contribution is -2.06. The third-order valence-electron chi connectivity index (χ3n) is 2.58. The van der Waals surface area contributed by atoms with Gasteiger partial charge in [0.05, 0.1) is 11.6 Å². The van der Waals surface area contributed by atoms with Gasteiger partial charge >= 0.3 is 0 Å². The average Bonchev–Trinajstić information content (AvgIpc) is 2.42. The van der Waals surface area contributed by atoms with Gasteiger partial charge in [0.2, 0.25) is 0 Å². The van der Waals surface area contributed by atoms with Crippen molar-refractivity contribution >= 4 is 33.3 Å². The Morgan fingerprint density at radius 3 is 2.58 bits per heavy atom. The van der Waals surface area contributed by atoms with E-state index in [0.29, 0.717) is 29.4 Å². The van der Waals surface area contributed by atoms with Crippen molar-refractivity contribution in [2.24, 2.45) is 0 Å². The van der Waals surface area contributed by atoms with Crippen LogP contribution < -0.4 is 4.74 Å². The Morgan fingerprint density at radius 1 is 1.16 bits per heavy atom. The molecule has 0 fully saturated rings. The van der Waals surface area contributed by atoms with Gasteiger partial charge in [0, 0.05) is 16.5 Å². The molecular formula is C15H12BrClO2. The van der Waals surface area contributed by atoms with E-state index in [4.69, 9.17) is 16.3 Å². The quantitative estimate of drug-likeness (QED) is 0.735. The third-order valence-corrected chi connectivity index (χ3v) is 3.37. The number of carbonyl (C=O) groups excluding carboxylic acids is 1. The van der Waals surface area contributed by atoms with Gasteiger partial charge in [-0.25, -0.2) is 0 Å². The van der Waals surface area contributed by atoms with Crippen molar-refractivity contribution in [3.05, 3.63) is 63.6 Å². The Kier molecular flexibility index (Phi) is 5.00. The Morgan fingerprint density at radius 2 is 1.89 bits per heavy atom. The zero-order valence-electron chi connectivity index (χ0n) is 10.1. The number of benzene rings is 2. The summed E-state index contributed by atoms with van der Waals surface area (Å²) in [4.78, 5) is 11.9. The molecule has 2 nitrogen and oxygen atoms in total. The van der Waals surface area contributed by atoms with Crippen LogP contribution in [0.15, 0.2) is 53.0 Å². The van der Waals surface area contributed by atoms with E-state index in [1.807, 2.05) is 24.3 Å². The van der Waals surface area contributed by atoms with Gasteiger partial charge in [0.25, 0.3) is 0 Å². The highest BCUT2D eigenvalue weighted by Crippen LogP contribution is 2.27. The first-order chi connectivity index (χ1) is 9.16. The van der Waals surface area contributed by atoms with Crippen LogP contribution in [0.5, 0.6) is 5.75 Å². The van der Waals surface area contributed by atoms with Crippen LogP contribution in [0.4, 0.5) is 0 Å². The van der Waals surface area contributed by atoms with Crippen LogP contribution in [0.25, 0.3) is 0 Å². The van der Waals surface area contributed by atoms with Gasteiger partial charge in [-0.15, -0.1) is 0 Å². The molecule has 0 heterocycles. The fourth-order valence-corrected chi connectivity index (χ4v) is 2.34. The number of carbonyl (C=O) groups is 1. The monoisotopic (exact) mass is 338 g/mol. The van der Waals surface area contributed by atoms with Crippen LogP contribution in [-0.2, 0) is 0 Å². The van der Waals surface area contributed by atoms with Gasteiger partial charge in [0.1, 0.15) is 5.75 Å². The van der Waals surface area contributed by atoms with Crippen molar-refractivity contribution in [2.45, 2.75) is 6.42 Å². The first-order valence-corrected chi connectivity index (χ1v) is 7.00. The molecule has 98 valence electrons. The summed E-state index contributed by atoms with van der Waals surface area (Å²) in [5.41, 5.74) is 0.702. The van der Waals surface area contributed by atoms with E-state index in [1.165, 1.54) is 0 Å². The van der Waals surface area contributed by atoms with Crippen molar-refractivity contribution in [1.82, 2.24) is 0 Å². The molecular weight excluding hydrogens is 328 g/mol. The van der Waals surface area contributed by atoms with Crippen LogP contribution in [0.2, 0.25) is 5.02 Å². The fraction of sp³-hybridized carbons (Fsp3) is 0.133. The molecule has 0 unspecified atom stereocenters. The Bertz CT molecular complexity index is 570. The summed E-state index contributed by atoms with van der Waals surface area (Å²) in [5.74, 6) is 0.652. The number of Topliss-reactive ketones (excluding diaryl/α,β-unsaturated/α-hetero) is 1. The molecule has 0 radical (unpaired) electrons. The highest BCUT2D eigenvalue weighted by molar-refractivity contribution is 9.10. The number of ketones is 1. The van der Waals surface area contributed by atoms with E-state index in [2.05, 4.69) is 15.9 Å². The average molecular weight is 340 g/mol. The fourth-order valence-electron chi connectivity index (χ4n) is 1.61. The number of halogens is 2. The zero-order chi connectivity index (χ0) is 13.7. The molecule has 0 spiro atoms. The van der Waals surface area contributed by atoms with E-state index in [9.17, 15) is 4.79 Å². The molecule has 0 bridgehead atoms. The highest BCUT2D eigenvalue weighted by Gasteiger charge is 2.06. The van der Waals surface area contributed by atoms with Gasteiger partial charge < -0.3 is 4.74 Å². The second-order valence-corrected chi connectivity index (χ2v) is 5.29. The summed E-state index contributed by atoms with van der Waals surface area (Å²) in [6.45, 7) is 0.315. The molecule has 0 atom stereocenters. The van der Waals surface area contributed by atoms with E-state index >= 15 is 0 Å². The Balaban J connectivity index is 1.88. The Hall–Kier alpha value is -1.32.